The van der Waals surface area contributed by atoms with Gasteiger partial charge < -0.3 is 16.0 Å². The second-order valence-corrected chi connectivity index (χ2v) is 4.10. The van der Waals surface area contributed by atoms with Gasteiger partial charge in [0.1, 0.15) is 5.69 Å². The predicted molar refractivity (Wildman–Crippen MR) is 69.1 cm³/mol. The number of nitrogens with two attached hydrogens (primary N) is 1. The maximum absolute atomic E-state index is 11.8. The van der Waals surface area contributed by atoms with Gasteiger partial charge in [0.2, 0.25) is 0 Å². The van der Waals surface area contributed by atoms with Crippen molar-refractivity contribution in [2.45, 2.75) is 13.8 Å². The Labute approximate surface area is 99.8 Å². The molecule has 4 heteroatoms. The summed E-state index contributed by atoms with van der Waals surface area (Å²) in [5, 5.41) is 2.81. The van der Waals surface area contributed by atoms with Crippen molar-refractivity contribution in [2.75, 3.05) is 11.1 Å². The summed E-state index contributed by atoms with van der Waals surface area (Å²) in [4.78, 5) is 14.6. The van der Waals surface area contributed by atoms with Crippen LogP contribution < -0.4 is 11.1 Å². The summed E-state index contributed by atoms with van der Waals surface area (Å²) in [6.07, 6.45) is 1.59. The molecule has 0 unspecified atom stereocenters. The number of rotatable bonds is 2. The standard InChI is InChI=1S/C13H15N3O/c1-8-3-4-11(5-9(8)2)16-13(17)12-6-10(14)7-15-12/h3-7,15H,14H2,1-2H3,(H,16,17). The number of nitrogen functional groups attached to an aromatic ring is 1. The van der Waals surface area contributed by atoms with Crippen molar-refractivity contribution < 1.29 is 4.79 Å². The van der Waals surface area contributed by atoms with Crippen LogP contribution in [0.5, 0.6) is 0 Å². The van der Waals surface area contributed by atoms with Crippen molar-refractivity contribution >= 4 is 17.3 Å². The Morgan fingerprint density at radius 1 is 1.24 bits per heavy atom. The minimum absolute atomic E-state index is 0.190. The second-order valence-electron chi connectivity index (χ2n) is 4.10. The van der Waals surface area contributed by atoms with Crippen molar-refractivity contribution in [3.8, 4) is 0 Å². The quantitative estimate of drug-likeness (QED) is 0.740. The normalized spacial score (nSPS) is 10.2. The minimum Gasteiger partial charge on any atom is -0.397 e. The molecule has 1 heterocycles. The minimum atomic E-state index is -0.190. The highest BCUT2D eigenvalue weighted by atomic mass is 16.1. The van der Waals surface area contributed by atoms with E-state index in [1.54, 1.807) is 12.3 Å². The lowest BCUT2D eigenvalue weighted by Gasteiger charge is -2.06. The van der Waals surface area contributed by atoms with Crippen molar-refractivity contribution in [2.24, 2.45) is 0 Å². The molecule has 4 N–H and O–H groups in total. The smallest absolute Gasteiger partial charge is 0.272 e. The van der Waals surface area contributed by atoms with Gasteiger partial charge >= 0.3 is 0 Å². The van der Waals surface area contributed by atoms with Crippen molar-refractivity contribution in [3.63, 3.8) is 0 Å². The monoisotopic (exact) mass is 229 g/mol. The number of anilines is 2. The van der Waals surface area contributed by atoms with Gasteiger partial charge in [-0.25, -0.2) is 0 Å². The van der Waals surface area contributed by atoms with E-state index in [4.69, 9.17) is 5.73 Å². The number of H-pyrrole nitrogens is 1. The van der Waals surface area contributed by atoms with Crippen LogP contribution in [0.15, 0.2) is 30.5 Å². The number of carbonyl (C=O) groups excluding carboxylic acids is 1. The second kappa shape index (κ2) is 4.33. The number of aromatic nitrogens is 1. The Balaban J connectivity index is 2.15. The molecule has 0 bridgehead atoms. The molecule has 0 spiro atoms. The summed E-state index contributed by atoms with van der Waals surface area (Å²) in [7, 11) is 0. The summed E-state index contributed by atoms with van der Waals surface area (Å²) < 4.78 is 0. The largest absolute Gasteiger partial charge is 0.397 e. The van der Waals surface area contributed by atoms with Crippen molar-refractivity contribution in [1.82, 2.24) is 4.98 Å². The van der Waals surface area contributed by atoms with E-state index in [0.29, 0.717) is 11.4 Å². The third-order valence-electron chi connectivity index (χ3n) is 2.71. The summed E-state index contributed by atoms with van der Waals surface area (Å²) in [5.74, 6) is -0.190. The van der Waals surface area contributed by atoms with Gasteiger partial charge in [-0.3, -0.25) is 4.79 Å². The van der Waals surface area contributed by atoms with Crippen LogP contribution in [0.1, 0.15) is 21.6 Å². The van der Waals surface area contributed by atoms with Gasteiger partial charge in [-0.1, -0.05) is 6.07 Å². The SMILES string of the molecule is Cc1ccc(NC(=O)c2cc(N)c[nH]2)cc1C. The first-order valence-electron chi connectivity index (χ1n) is 5.39. The van der Waals surface area contributed by atoms with Gasteiger partial charge in [-0.15, -0.1) is 0 Å². The third kappa shape index (κ3) is 2.47. The average Bonchev–Trinajstić information content (AvgIpc) is 2.70. The lowest BCUT2D eigenvalue weighted by molar-refractivity contribution is 0.102. The van der Waals surface area contributed by atoms with Crippen LogP contribution >= 0.6 is 0 Å². The molecule has 0 atom stereocenters. The Morgan fingerprint density at radius 2 is 2.00 bits per heavy atom. The summed E-state index contributed by atoms with van der Waals surface area (Å²) in [6, 6.07) is 7.41. The Morgan fingerprint density at radius 3 is 2.59 bits per heavy atom. The van der Waals surface area contributed by atoms with E-state index in [0.717, 1.165) is 11.3 Å². The molecule has 4 nitrogen and oxygen atoms in total. The fourth-order valence-corrected chi connectivity index (χ4v) is 1.56. The summed E-state index contributed by atoms with van der Waals surface area (Å²) in [6.45, 7) is 4.05. The first-order valence-corrected chi connectivity index (χ1v) is 5.39. The zero-order valence-electron chi connectivity index (χ0n) is 9.87. The lowest BCUT2D eigenvalue weighted by Crippen LogP contribution is -2.12. The fraction of sp³-hybridized carbons (Fsp3) is 0.154. The van der Waals surface area contributed by atoms with Crippen LogP contribution in [0.3, 0.4) is 0 Å². The number of aryl methyl sites for hydroxylation is 2. The van der Waals surface area contributed by atoms with E-state index in [9.17, 15) is 4.79 Å². The number of amides is 1. The molecular weight excluding hydrogens is 214 g/mol. The predicted octanol–water partition coefficient (Wildman–Crippen LogP) is 2.47. The van der Waals surface area contributed by atoms with E-state index < -0.39 is 0 Å². The Bertz CT molecular complexity index is 558. The van der Waals surface area contributed by atoms with Crippen LogP contribution in [-0.2, 0) is 0 Å². The molecule has 0 aliphatic carbocycles. The fourth-order valence-electron chi connectivity index (χ4n) is 1.56. The first kappa shape index (κ1) is 11.3. The molecule has 0 radical (unpaired) electrons. The lowest BCUT2D eigenvalue weighted by atomic mass is 10.1. The molecule has 0 fully saturated rings. The highest BCUT2D eigenvalue weighted by Crippen LogP contribution is 2.15. The number of nitrogens with one attached hydrogen (secondary N) is 2. The number of hydrogen-bond donors (Lipinski definition) is 3. The first-order chi connectivity index (χ1) is 8.06. The number of carbonyl (C=O) groups is 1. The number of aromatic amines is 1. The van der Waals surface area contributed by atoms with Crippen LogP contribution in [0.25, 0.3) is 0 Å². The highest BCUT2D eigenvalue weighted by Gasteiger charge is 2.08. The topological polar surface area (TPSA) is 70.9 Å². The molecule has 1 amide bonds. The molecule has 2 aromatic rings. The molecule has 0 aliphatic heterocycles. The molecule has 0 aliphatic rings. The van der Waals surface area contributed by atoms with Gasteiger partial charge in [-0.2, -0.15) is 0 Å². The molecular formula is C13H15N3O. The maximum Gasteiger partial charge on any atom is 0.272 e. The maximum atomic E-state index is 11.8. The number of hydrogen-bond acceptors (Lipinski definition) is 2. The third-order valence-corrected chi connectivity index (χ3v) is 2.71. The van der Waals surface area contributed by atoms with Gasteiger partial charge in [0, 0.05) is 17.6 Å². The number of benzene rings is 1. The van der Waals surface area contributed by atoms with E-state index in [1.807, 2.05) is 32.0 Å². The van der Waals surface area contributed by atoms with E-state index >= 15 is 0 Å². The van der Waals surface area contributed by atoms with E-state index in [2.05, 4.69) is 10.3 Å². The highest BCUT2D eigenvalue weighted by molar-refractivity contribution is 6.03. The molecule has 88 valence electrons. The molecule has 0 saturated heterocycles. The zero-order valence-corrected chi connectivity index (χ0v) is 9.87. The molecule has 2 rings (SSSR count). The summed E-state index contributed by atoms with van der Waals surface area (Å²) in [5.41, 5.74) is 9.68. The molecule has 1 aromatic heterocycles. The van der Waals surface area contributed by atoms with Crippen molar-refractivity contribution in [1.29, 1.82) is 0 Å². The Hall–Kier alpha value is -2.23. The van der Waals surface area contributed by atoms with Gasteiger partial charge in [-0.05, 0) is 43.2 Å². The van der Waals surface area contributed by atoms with Gasteiger partial charge in [0.05, 0.1) is 0 Å². The molecule has 0 saturated carbocycles. The van der Waals surface area contributed by atoms with Crippen LogP contribution in [0.2, 0.25) is 0 Å². The van der Waals surface area contributed by atoms with E-state index in [-0.39, 0.29) is 5.91 Å². The van der Waals surface area contributed by atoms with Crippen LogP contribution in [0, 0.1) is 13.8 Å². The average molecular weight is 229 g/mol. The van der Waals surface area contributed by atoms with Crippen LogP contribution in [0.4, 0.5) is 11.4 Å². The van der Waals surface area contributed by atoms with Gasteiger partial charge in [0.25, 0.3) is 5.91 Å². The molecule has 17 heavy (non-hydrogen) atoms. The zero-order chi connectivity index (χ0) is 12.4. The van der Waals surface area contributed by atoms with E-state index in [1.165, 1.54) is 5.56 Å². The molecule has 1 aromatic carbocycles. The summed E-state index contributed by atoms with van der Waals surface area (Å²) >= 11 is 0. The van der Waals surface area contributed by atoms with Crippen LogP contribution in [-0.4, -0.2) is 10.9 Å². The Kier molecular flexibility index (Phi) is 2.87. The van der Waals surface area contributed by atoms with Gasteiger partial charge in [0.15, 0.2) is 0 Å². The van der Waals surface area contributed by atoms with Crippen molar-refractivity contribution in [3.05, 3.63) is 47.3 Å².